The van der Waals surface area contributed by atoms with Crippen molar-refractivity contribution >= 4 is 60.5 Å². The van der Waals surface area contributed by atoms with E-state index < -0.39 is 26.0 Å². The number of rotatable bonds is 10. The van der Waals surface area contributed by atoms with Gasteiger partial charge < -0.3 is 14.8 Å². The minimum Gasteiger partial charge on any atom is -0.497 e. The van der Waals surface area contributed by atoms with Gasteiger partial charge >= 0.3 is 0 Å². The Kier molecular flexibility index (Phi) is 9.70. The summed E-state index contributed by atoms with van der Waals surface area (Å²) < 4.78 is 66.2. The maximum Gasteiger partial charge on any atom is 0.262 e. The fourth-order valence-corrected chi connectivity index (χ4v) is 7.65. The SMILES string of the molecule is COc1ccc(NS(=O)(=O)c2ccc(NC(=O)C3CCCN(S(=O)(=O)Cc4ccc(Cl)cc4Cl)C3)cc2)c(OC)c1. The summed E-state index contributed by atoms with van der Waals surface area (Å²) in [4.78, 5) is 13.0. The molecular weight excluding hydrogens is 613 g/mol. The van der Waals surface area contributed by atoms with E-state index in [2.05, 4.69) is 10.0 Å². The molecule has 0 spiro atoms. The van der Waals surface area contributed by atoms with E-state index in [1.165, 1.54) is 54.9 Å². The number of methoxy groups -OCH3 is 2. The third kappa shape index (κ3) is 7.63. The van der Waals surface area contributed by atoms with Crippen LogP contribution < -0.4 is 19.5 Å². The molecule has 1 aliphatic heterocycles. The zero-order valence-corrected chi connectivity index (χ0v) is 25.4. The number of sulfonamides is 2. The lowest BCUT2D eigenvalue weighted by Gasteiger charge is -2.31. The first-order valence-corrected chi connectivity index (χ1v) is 16.3. The van der Waals surface area contributed by atoms with Crippen LogP contribution in [0.2, 0.25) is 10.0 Å². The quantitative estimate of drug-likeness (QED) is 0.319. The Morgan fingerprint density at radius 1 is 0.976 bits per heavy atom. The van der Waals surface area contributed by atoms with Crippen LogP contribution >= 0.6 is 23.2 Å². The summed E-state index contributed by atoms with van der Waals surface area (Å²) in [5.74, 6) is -0.437. The van der Waals surface area contributed by atoms with Crippen molar-refractivity contribution < 1.29 is 31.1 Å². The van der Waals surface area contributed by atoms with Crippen LogP contribution in [0.3, 0.4) is 0 Å². The van der Waals surface area contributed by atoms with Crippen molar-refractivity contribution in [3.05, 3.63) is 76.3 Å². The number of benzene rings is 3. The molecule has 1 saturated heterocycles. The number of nitrogens with zero attached hydrogens (tertiary/aromatic N) is 1. The Balaban J connectivity index is 1.40. The average Bonchev–Trinajstić information content (AvgIpc) is 2.95. The molecule has 1 aliphatic rings. The summed E-state index contributed by atoms with van der Waals surface area (Å²) >= 11 is 12.1. The van der Waals surface area contributed by atoms with Gasteiger partial charge in [-0.25, -0.2) is 21.1 Å². The molecule has 1 atom stereocenters. The molecule has 1 unspecified atom stereocenters. The number of hydrogen-bond donors (Lipinski definition) is 2. The Morgan fingerprint density at radius 2 is 1.71 bits per heavy atom. The second-order valence-corrected chi connectivity index (χ2v) is 13.9. The molecule has 14 heteroatoms. The molecule has 220 valence electrons. The van der Waals surface area contributed by atoms with E-state index in [-0.39, 0.29) is 39.6 Å². The lowest BCUT2D eigenvalue weighted by Crippen LogP contribution is -2.44. The van der Waals surface area contributed by atoms with Gasteiger partial charge in [0.1, 0.15) is 11.5 Å². The summed E-state index contributed by atoms with van der Waals surface area (Å²) in [6.07, 6.45) is 1.03. The van der Waals surface area contributed by atoms with Crippen molar-refractivity contribution in [3.63, 3.8) is 0 Å². The van der Waals surface area contributed by atoms with Crippen molar-refractivity contribution in [1.82, 2.24) is 4.31 Å². The lowest BCUT2D eigenvalue weighted by atomic mass is 9.99. The summed E-state index contributed by atoms with van der Waals surface area (Å²) in [5.41, 5.74) is 1.04. The number of amides is 1. The minimum atomic E-state index is -3.96. The number of halogens is 2. The number of carbonyl (C=O) groups is 1. The summed E-state index contributed by atoms with van der Waals surface area (Å²) in [6.45, 7) is 0.329. The van der Waals surface area contributed by atoms with Crippen LogP contribution in [0.15, 0.2) is 65.6 Å². The molecule has 41 heavy (non-hydrogen) atoms. The number of hydrogen-bond acceptors (Lipinski definition) is 7. The van der Waals surface area contributed by atoms with Crippen LogP contribution in [0, 0.1) is 5.92 Å². The van der Waals surface area contributed by atoms with E-state index in [0.29, 0.717) is 41.4 Å². The first-order chi connectivity index (χ1) is 19.4. The van der Waals surface area contributed by atoms with Gasteiger partial charge in [0, 0.05) is 34.9 Å². The second kappa shape index (κ2) is 12.9. The largest absolute Gasteiger partial charge is 0.497 e. The fraction of sp³-hybridized carbons (Fsp3) is 0.296. The number of nitrogens with one attached hydrogen (secondary N) is 2. The molecule has 0 bridgehead atoms. The van der Waals surface area contributed by atoms with Crippen LogP contribution in [-0.2, 0) is 30.6 Å². The van der Waals surface area contributed by atoms with Gasteiger partial charge in [-0.05, 0) is 66.9 Å². The highest BCUT2D eigenvalue weighted by molar-refractivity contribution is 7.92. The molecule has 1 amide bonds. The Bertz CT molecular complexity index is 1630. The third-order valence-electron chi connectivity index (χ3n) is 6.59. The molecule has 10 nitrogen and oxygen atoms in total. The monoisotopic (exact) mass is 641 g/mol. The van der Waals surface area contributed by atoms with E-state index in [1.807, 2.05) is 0 Å². The lowest BCUT2D eigenvalue weighted by molar-refractivity contribution is -0.120. The van der Waals surface area contributed by atoms with E-state index in [0.717, 1.165) is 0 Å². The number of carbonyl (C=O) groups excluding carboxylic acids is 1. The molecule has 0 aromatic heterocycles. The van der Waals surface area contributed by atoms with E-state index in [4.69, 9.17) is 32.7 Å². The molecule has 3 aromatic rings. The van der Waals surface area contributed by atoms with E-state index in [9.17, 15) is 21.6 Å². The Morgan fingerprint density at radius 3 is 2.37 bits per heavy atom. The third-order valence-corrected chi connectivity index (χ3v) is 10.3. The molecule has 0 saturated carbocycles. The van der Waals surface area contributed by atoms with Gasteiger partial charge in [-0.3, -0.25) is 9.52 Å². The maximum absolute atomic E-state index is 13.1. The van der Waals surface area contributed by atoms with Crippen LogP contribution in [0.4, 0.5) is 11.4 Å². The highest BCUT2D eigenvalue weighted by Gasteiger charge is 2.33. The molecule has 1 heterocycles. The first-order valence-electron chi connectivity index (χ1n) is 12.5. The van der Waals surface area contributed by atoms with Gasteiger partial charge in [-0.15, -0.1) is 0 Å². The van der Waals surface area contributed by atoms with Gasteiger partial charge in [0.05, 0.1) is 36.5 Å². The van der Waals surface area contributed by atoms with Crippen molar-refractivity contribution in [2.24, 2.45) is 5.92 Å². The van der Waals surface area contributed by atoms with Gasteiger partial charge in [-0.2, -0.15) is 0 Å². The predicted octanol–water partition coefficient (Wildman–Crippen LogP) is 4.99. The van der Waals surface area contributed by atoms with Crippen LogP contribution in [-0.4, -0.2) is 54.4 Å². The number of ether oxygens (including phenoxy) is 2. The van der Waals surface area contributed by atoms with Crippen molar-refractivity contribution in [2.75, 3.05) is 37.3 Å². The van der Waals surface area contributed by atoms with Crippen molar-refractivity contribution in [1.29, 1.82) is 0 Å². The average molecular weight is 643 g/mol. The molecule has 3 aromatic carbocycles. The summed E-state index contributed by atoms with van der Waals surface area (Å²) in [5, 5.41) is 3.43. The van der Waals surface area contributed by atoms with Crippen LogP contribution in [0.25, 0.3) is 0 Å². The summed E-state index contributed by atoms with van der Waals surface area (Å²) in [6, 6.07) is 15.0. The van der Waals surface area contributed by atoms with Gasteiger partial charge in [0.2, 0.25) is 15.9 Å². The second-order valence-electron chi connectivity index (χ2n) is 9.37. The molecular formula is C27H29Cl2N3O7S2. The molecule has 1 fully saturated rings. The van der Waals surface area contributed by atoms with Gasteiger partial charge in [0.15, 0.2) is 0 Å². The smallest absolute Gasteiger partial charge is 0.262 e. The minimum absolute atomic E-state index is 0.0239. The Labute approximate surface area is 249 Å². The Hall–Kier alpha value is -3.03. The van der Waals surface area contributed by atoms with Gasteiger partial charge in [0.25, 0.3) is 10.0 Å². The summed E-state index contributed by atoms with van der Waals surface area (Å²) in [7, 11) is -4.78. The molecule has 0 radical (unpaired) electrons. The highest BCUT2D eigenvalue weighted by atomic mass is 35.5. The van der Waals surface area contributed by atoms with Crippen LogP contribution in [0.5, 0.6) is 11.5 Å². The predicted molar refractivity (Wildman–Crippen MR) is 159 cm³/mol. The van der Waals surface area contributed by atoms with Crippen molar-refractivity contribution in [3.8, 4) is 11.5 Å². The van der Waals surface area contributed by atoms with E-state index >= 15 is 0 Å². The fourth-order valence-electron chi connectivity index (χ4n) is 4.38. The van der Waals surface area contributed by atoms with E-state index in [1.54, 1.807) is 24.3 Å². The zero-order chi connectivity index (χ0) is 29.8. The topological polar surface area (TPSA) is 131 Å². The highest BCUT2D eigenvalue weighted by Crippen LogP contribution is 2.31. The number of piperidine rings is 1. The van der Waals surface area contributed by atoms with Crippen LogP contribution in [0.1, 0.15) is 18.4 Å². The first kappa shape index (κ1) is 30.9. The van der Waals surface area contributed by atoms with Gasteiger partial charge in [-0.1, -0.05) is 29.3 Å². The van der Waals surface area contributed by atoms with Crippen molar-refractivity contribution in [2.45, 2.75) is 23.5 Å². The maximum atomic E-state index is 13.1. The number of anilines is 2. The standard InChI is InChI=1S/C27H29Cl2N3O7S2/c1-38-22-9-12-25(26(15-22)39-2)31-41(36,37)23-10-7-21(8-11-23)30-27(33)18-4-3-13-32(16-18)40(34,35)17-19-5-6-20(28)14-24(19)29/h5-12,14-15,18,31H,3-4,13,16-17H2,1-2H3,(H,30,33). The molecule has 4 rings (SSSR count). The normalized spacial score (nSPS) is 16.1. The molecule has 2 N–H and O–H groups in total. The molecule has 0 aliphatic carbocycles. The zero-order valence-electron chi connectivity index (χ0n) is 22.3.